The number of thioether (sulfide) groups is 1. The smallest absolute Gasteiger partial charge is 0.149 e. The van der Waals surface area contributed by atoms with Gasteiger partial charge in [-0.1, -0.05) is 0 Å². The average Bonchev–Trinajstić information content (AvgIpc) is 2.27. The van der Waals surface area contributed by atoms with Gasteiger partial charge in [-0.15, -0.1) is 0 Å². The number of pyridine rings is 1. The number of nitrogens with two attached hydrogens (primary N) is 1. The SMILES string of the molecule is CSCC(C)(O)CNc1ncc(C#N)cc1N. The molecule has 1 aromatic rings. The fourth-order valence-electron chi connectivity index (χ4n) is 1.33. The van der Waals surface area contributed by atoms with Crippen molar-refractivity contribution in [2.45, 2.75) is 12.5 Å². The molecule has 1 heterocycles. The molecule has 0 aliphatic carbocycles. The number of hydrogen-bond acceptors (Lipinski definition) is 6. The summed E-state index contributed by atoms with van der Waals surface area (Å²) >= 11 is 1.57. The van der Waals surface area contributed by atoms with Gasteiger partial charge in [-0.3, -0.25) is 0 Å². The van der Waals surface area contributed by atoms with Crippen LogP contribution in [0, 0.1) is 11.3 Å². The van der Waals surface area contributed by atoms with Gasteiger partial charge in [-0.2, -0.15) is 17.0 Å². The lowest BCUT2D eigenvalue weighted by Crippen LogP contribution is -2.36. The van der Waals surface area contributed by atoms with E-state index in [2.05, 4.69) is 10.3 Å². The van der Waals surface area contributed by atoms with E-state index in [9.17, 15) is 5.11 Å². The lowest BCUT2D eigenvalue weighted by molar-refractivity contribution is 0.0996. The summed E-state index contributed by atoms with van der Waals surface area (Å²) in [5, 5.41) is 21.6. The molecular formula is C11H16N4OS. The highest BCUT2D eigenvalue weighted by molar-refractivity contribution is 7.98. The number of rotatable bonds is 5. The minimum Gasteiger partial charge on any atom is -0.396 e. The summed E-state index contributed by atoms with van der Waals surface area (Å²) in [4.78, 5) is 4.04. The first-order chi connectivity index (χ1) is 7.98. The molecule has 0 aliphatic heterocycles. The molecule has 4 N–H and O–H groups in total. The van der Waals surface area contributed by atoms with Crippen molar-refractivity contribution in [2.75, 3.05) is 29.6 Å². The van der Waals surface area contributed by atoms with Crippen LogP contribution in [0.2, 0.25) is 0 Å². The van der Waals surface area contributed by atoms with Crippen LogP contribution in [-0.2, 0) is 0 Å². The maximum absolute atomic E-state index is 9.96. The number of nitrogens with one attached hydrogen (secondary N) is 1. The Hall–Kier alpha value is -1.45. The third kappa shape index (κ3) is 4.13. The Labute approximate surface area is 105 Å². The molecule has 0 saturated carbocycles. The maximum atomic E-state index is 9.96. The van der Waals surface area contributed by atoms with Gasteiger partial charge in [0.2, 0.25) is 0 Å². The van der Waals surface area contributed by atoms with Gasteiger partial charge in [0.15, 0.2) is 0 Å². The molecule has 92 valence electrons. The van der Waals surface area contributed by atoms with Gasteiger partial charge in [0.05, 0.1) is 16.9 Å². The van der Waals surface area contributed by atoms with Crippen molar-refractivity contribution in [3.63, 3.8) is 0 Å². The zero-order valence-corrected chi connectivity index (χ0v) is 10.7. The molecule has 1 unspecified atom stereocenters. The molecule has 5 nitrogen and oxygen atoms in total. The molecule has 0 amide bonds. The van der Waals surface area contributed by atoms with Gasteiger partial charge in [0.25, 0.3) is 0 Å². The predicted molar refractivity (Wildman–Crippen MR) is 70.9 cm³/mol. The molecule has 6 heteroatoms. The van der Waals surface area contributed by atoms with E-state index in [-0.39, 0.29) is 0 Å². The second-order valence-corrected chi connectivity index (χ2v) is 4.92. The summed E-state index contributed by atoms with van der Waals surface area (Å²) in [6, 6.07) is 3.52. The van der Waals surface area contributed by atoms with Crippen molar-refractivity contribution in [1.82, 2.24) is 4.98 Å². The predicted octanol–water partition coefficient (Wildman–Crippen LogP) is 1.06. The van der Waals surface area contributed by atoms with E-state index in [1.807, 2.05) is 12.3 Å². The molecule has 0 radical (unpaired) electrons. The molecular weight excluding hydrogens is 236 g/mol. The van der Waals surface area contributed by atoms with Crippen LogP contribution in [0.15, 0.2) is 12.3 Å². The number of nitriles is 1. The van der Waals surface area contributed by atoms with E-state index in [1.54, 1.807) is 24.8 Å². The maximum Gasteiger partial charge on any atom is 0.149 e. The minimum absolute atomic E-state index is 0.358. The largest absolute Gasteiger partial charge is 0.396 e. The van der Waals surface area contributed by atoms with Gasteiger partial charge < -0.3 is 16.2 Å². The second-order valence-electron chi connectivity index (χ2n) is 4.06. The van der Waals surface area contributed by atoms with Crippen molar-refractivity contribution in [3.8, 4) is 6.07 Å². The fourth-order valence-corrected chi connectivity index (χ4v) is 2.05. The Morgan fingerprint density at radius 1 is 1.71 bits per heavy atom. The topological polar surface area (TPSA) is 95.0 Å². The van der Waals surface area contributed by atoms with E-state index in [0.29, 0.717) is 29.4 Å². The van der Waals surface area contributed by atoms with Crippen LogP contribution in [0.4, 0.5) is 11.5 Å². The van der Waals surface area contributed by atoms with E-state index in [1.165, 1.54) is 6.20 Å². The quantitative estimate of drug-likeness (QED) is 0.725. The first-order valence-electron chi connectivity index (χ1n) is 5.09. The van der Waals surface area contributed by atoms with Gasteiger partial charge >= 0.3 is 0 Å². The van der Waals surface area contributed by atoms with Crippen LogP contribution < -0.4 is 11.1 Å². The molecule has 0 fully saturated rings. The Balaban J connectivity index is 2.67. The number of hydrogen-bond donors (Lipinski definition) is 3. The first-order valence-corrected chi connectivity index (χ1v) is 6.49. The summed E-state index contributed by atoms with van der Waals surface area (Å²) in [6.07, 6.45) is 3.38. The Kier molecular flexibility index (Phi) is 4.61. The molecule has 0 spiro atoms. The normalized spacial score (nSPS) is 13.8. The number of nitrogens with zero attached hydrogens (tertiary/aromatic N) is 2. The lowest BCUT2D eigenvalue weighted by atomic mass is 10.1. The number of aromatic nitrogens is 1. The third-order valence-corrected chi connectivity index (χ3v) is 3.05. The highest BCUT2D eigenvalue weighted by Crippen LogP contribution is 2.18. The number of aliphatic hydroxyl groups is 1. The molecule has 0 aliphatic rings. The van der Waals surface area contributed by atoms with Crippen molar-refractivity contribution in [1.29, 1.82) is 5.26 Å². The van der Waals surface area contributed by atoms with Gasteiger partial charge in [0, 0.05) is 18.5 Å². The average molecular weight is 252 g/mol. The summed E-state index contributed by atoms with van der Waals surface area (Å²) in [6.45, 7) is 2.10. The number of anilines is 2. The van der Waals surface area contributed by atoms with Gasteiger partial charge in [-0.05, 0) is 19.2 Å². The van der Waals surface area contributed by atoms with Crippen molar-refractivity contribution >= 4 is 23.3 Å². The summed E-state index contributed by atoms with van der Waals surface area (Å²) < 4.78 is 0. The molecule has 17 heavy (non-hydrogen) atoms. The molecule has 0 bridgehead atoms. The van der Waals surface area contributed by atoms with Crippen LogP contribution in [0.5, 0.6) is 0 Å². The molecule has 1 rings (SSSR count). The van der Waals surface area contributed by atoms with E-state index < -0.39 is 5.60 Å². The summed E-state index contributed by atoms with van der Waals surface area (Å²) in [5.74, 6) is 1.11. The summed E-state index contributed by atoms with van der Waals surface area (Å²) in [5.41, 5.74) is 5.75. The number of nitrogen functional groups attached to an aromatic ring is 1. The van der Waals surface area contributed by atoms with Crippen LogP contribution in [0.1, 0.15) is 12.5 Å². The van der Waals surface area contributed by atoms with E-state index in [4.69, 9.17) is 11.0 Å². The van der Waals surface area contributed by atoms with Crippen LogP contribution in [0.3, 0.4) is 0 Å². The van der Waals surface area contributed by atoms with Gasteiger partial charge in [-0.25, -0.2) is 4.98 Å². The zero-order valence-electron chi connectivity index (χ0n) is 9.90. The summed E-state index contributed by atoms with van der Waals surface area (Å²) in [7, 11) is 0. The second kappa shape index (κ2) is 5.75. The van der Waals surface area contributed by atoms with Gasteiger partial charge in [0.1, 0.15) is 11.9 Å². The minimum atomic E-state index is -0.818. The van der Waals surface area contributed by atoms with Crippen molar-refractivity contribution in [2.24, 2.45) is 0 Å². The van der Waals surface area contributed by atoms with Crippen LogP contribution in [0.25, 0.3) is 0 Å². The zero-order chi connectivity index (χ0) is 12.9. The van der Waals surface area contributed by atoms with Crippen molar-refractivity contribution < 1.29 is 5.11 Å². The highest BCUT2D eigenvalue weighted by Gasteiger charge is 2.19. The Bertz CT molecular complexity index is 428. The molecule has 0 aromatic carbocycles. The third-order valence-electron chi connectivity index (χ3n) is 2.14. The first kappa shape index (κ1) is 13.6. The monoisotopic (exact) mass is 252 g/mol. The molecule has 1 atom stereocenters. The standard InChI is InChI=1S/C11H16N4OS/c1-11(16,7-17-2)6-15-10-9(13)3-8(4-12)5-14-10/h3,5,16H,6-7,13H2,1-2H3,(H,14,15). The molecule has 0 saturated heterocycles. The lowest BCUT2D eigenvalue weighted by Gasteiger charge is -2.23. The van der Waals surface area contributed by atoms with E-state index in [0.717, 1.165) is 0 Å². The molecule has 1 aromatic heterocycles. The van der Waals surface area contributed by atoms with Crippen LogP contribution >= 0.6 is 11.8 Å². The van der Waals surface area contributed by atoms with E-state index >= 15 is 0 Å². The van der Waals surface area contributed by atoms with Crippen LogP contribution in [-0.4, -0.2) is 34.2 Å². The fraction of sp³-hybridized carbons (Fsp3) is 0.455. The van der Waals surface area contributed by atoms with Crippen molar-refractivity contribution in [3.05, 3.63) is 17.8 Å². The Morgan fingerprint density at radius 3 is 2.94 bits per heavy atom. The highest BCUT2D eigenvalue weighted by atomic mass is 32.2. The Morgan fingerprint density at radius 2 is 2.41 bits per heavy atom.